The predicted octanol–water partition coefficient (Wildman–Crippen LogP) is 0.703. The fourth-order valence-electron chi connectivity index (χ4n) is 2.49. The smallest absolute Gasteiger partial charge is 0.320 e. The largest absolute Gasteiger partial charge is 0.481 e. The third-order valence-corrected chi connectivity index (χ3v) is 4.08. The van der Waals surface area contributed by atoms with Crippen molar-refractivity contribution in [2.24, 2.45) is 5.41 Å². The van der Waals surface area contributed by atoms with Gasteiger partial charge in [0.05, 0.1) is 5.41 Å². The molecule has 1 aliphatic heterocycles. The zero-order valence-corrected chi connectivity index (χ0v) is 13.3. The molecule has 1 atom stereocenters. The number of aliphatic carboxylic acids is 1. The van der Waals surface area contributed by atoms with Crippen LogP contribution in [0.4, 0.5) is 4.79 Å². The number of carboxylic acids is 1. The van der Waals surface area contributed by atoms with Gasteiger partial charge in [0.25, 0.3) is 0 Å². The fraction of sp³-hybridized carbons (Fsp3) is 0.786. The monoisotopic (exact) mass is 299 g/mol. The van der Waals surface area contributed by atoms with Crippen LogP contribution in [0.5, 0.6) is 0 Å². The Labute approximate surface area is 125 Å². The van der Waals surface area contributed by atoms with E-state index in [0.717, 1.165) is 0 Å². The fourth-order valence-corrected chi connectivity index (χ4v) is 2.49. The molecule has 0 bridgehead atoms. The third-order valence-electron chi connectivity index (χ3n) is 4.08. The SMILES string of the molecule is CCN(CC)C(=O)CN(C)C(=O)N1CCC(C)(C(=O)O)C1. The van der Waals surface area contributed by atoms with Crippen molar-refractivity contribution in [3.63, 3.8) is 0 Å². The minimum absolute atomic E-state index is 0.0147. The molecule has 0 radical (unpaired) electrons. The van der Waals surface area contributed by atoms with Gasteiger partial charge in [-0.3, -0.25) is 9.59 Å². The van der Waals surface area contributed by atoms with Crippen LogP contribution in [0.3, 0.4) is 0 Å². The molecule has 0 aliphatic carbocycles. The Morgan fingerprint density at radius 1 is 1.24 bits per heavy atom. The van der Waals surface area contributed by atoms with Gasteiger partial charge >= 0.3 is 12.0 Å². The number of likely N-dealkylation sites (tertiary alicyclic amines) is 1. The quantitative estimate of drug-likeness (QED) is 0.810. The van der Waals surface area contributed by atoms with Crippen molar-refractivity contribution in [1.82, 2.24) is 14.7 Å². The lowest BCUT2D eigenvalue weighted by molar-refractivity contribution is -0.147. The van der Waals surface area contributed by atoms with E-state index in [4.69, 9.17) is 0 Å². The van der Waals surface area contributed by atoms with Gasteiger partial charge < -0.3 is 19.8 Å². The van der Waals surface area contributed by atoms with Crippen molar-refractivity contribution in [3.05, 3.63) is 0 Å². The summed E-state index contributed by atoms with van der Waals surface area (Å²) in [5.74, 6) is -0.990. The van der Waals surface area contributed by atoms with Gasteiger partial charge in [-0.05, 0) is 27.2 Å². The Morgan fingerprint density at radius 2 is 1.81 bits per heavy atom. The minimum atomic E-state index is -0.890. The van der Waals surface area contributed by atoms with Crippen LogP contribution >= 0.6 is 0 Å². The molecule has 1 rings (SSSR count). The van der Waals surface area contributed by atoms with Crippen LogP contribution in [0.15, 0.2) is 0 Å². The zero-order valence-electron chi connectivity index (χ0n) is 13.3. The summed E-state index contributed by atoms with van der Waals surface area (Å²) in [5, 5.41) is 9.18. The number of carboxylic acid groups (broad SMARTS) is 1. The lowest BCUT2D eigenvalue weighted by atomic mass is 9.90. The Balaban J connectivity index is 2.60. The highest BCUT2D eigenvalue weighted by atomic mass is 16.4. The summed E-state index contributed by atoms with van der Waals surface area (Å²) in [6.07, 6.45) is 0.436. The van der Waals surface area contributed by atoms with E-state index >= 15 is 0 Å². The lowest BCUT2D eigenvalue weighted by Crippen LogP contribution is -2.46. The normalized spacial score (nSPS) is 21.2. The average Bonchev–Trinajstić information content (AvgIpc) is 2.83. The number of amides is 3. The van der Waals surface area contributed by atoms with E-state index in [9.17, 15) is 19.5 Å². The van der Waals surface area contributed by atoms with E-state index in [0.29, 0.717) is 26.1 Å². The van der Waals surface area contributed by atoms with Gasteiger partial charge in [-0.25, -0.2) is 4.79 Å². The molecule has 3 amide bonds. The van der Waals surface area contributed by atoms with Gasteiger partial charge in [0.2, 0.25) is 5.91 Å². The Kier molecular flexibility index (Phi) is 5.57. The highest BCUT2D eigenvalue weighted by Crippen LogP contribution is 2.30. The first-order valence-electron chi connectivity index (χ1n) is 7.26. The Hall–Kier alpha value is -1.79. The molecular formula is C14H25N3O4. The molecule has 1 heterocycles. The Morgan fingerprint density at radius 3 is 2.24 bits per heavy atom. The molecule has 0 aromatic heterocycles. The van der Waals surface area contributed by atoms with Crippen molar-refractivity contribution in [1.29, 1.82) is 0 Å². The van der Waals surface area contributed by atoms with Crippen LogP contribution in [0.2, 0.25) is 0 Å². The zero-order chi connectivity index (χ0) is 16.2. The standard InChI is InChI=1S/C14H25N3O4/c1-5-16(6-2)11(18)9-15(4)13(21)17-8-7-14(3,10-17)12(19)20/h5-10H2,1-4H3,(H,19,20). The minimum Gasteiger partial charge on any atom is -0.481 e. The van der Waals surface area contributed by atoms with Crippen molar-refractivity contribution in [2.75, 3.05) is 39.8 Å². The van der Waals surface area contributed by atoms with Gasteiger partial charge in [-0.15, -0.1) is 0 Å². The molecule has 1 saturated heterocycles. The van der Waals surface area contributed by atoms with Gasteiger partial charge in [0, 0.05) is 33.2 Å². The number of likely N-dealkylation sites (N-methyl/N-ethyl adjacent to an activating group) is 2. The first kappa shape index (κ1) is 17.3. The molecule has 7 nitrogen and oxygen atoms in total. The van der Waals surface area contributed by atoms with E-state index in [2.05, 4.69) is 0 Å². The van der Waals surface area contributed by atoms with Crippen LogP contribution < -0.4 is 0 Å². The number of urea groups is 1. The number of rotatable bonds is 5. The van der Waals surface area contributed by atoms with Crippen LogP contribution in [0, 0.1) is 5.41 Å². The molecule has 1 aliphatic rings. The number of nitrogens with zero attached hydrogens (tertiary/aromatic N) is 3. The Bertz CT molecular complexity index is 422. The molecule has 1 N–H and O–H groups in total. The van der Waals surface area contributed by atoms with Crippen molar-refractivity contribution in [2.45, 2.75) is 27.2 Å². The molecule has 21 heavy (non-hydrogen) atoms. The molecular weight excluding hydrogens is 274 g/mol. The maximum atomic E-state index is 12.3. The maximum absolute atomic E-state index is 12.3. The van der Waals surface area contributed by atoms with Crippen molar-refractivity contribution in [3.8, 4) is 0 Å². The highest BCUT2D eigenvalue weighted by Gasteiger charge is 2.42. The second-order valence-corrected chi connectivity index (χ2v) is 5.74. The van der Waals surface area contributed by atoms with Crippen LogP contribution in [0.1, 0.15) is 27.2 Å². The van der Waals surface area contributed by atoms with Crippen LogP contribution in [0.25, 0.3) is 0 Å². The van der Waals surface area contributed by atoms with Crippen LogP contribution in [-0.4, -0.2) is 77.5 Å². The molecule has 0 aromatic rings. The second kappa shape index (κ2) is 6.78. The average molecular weight is 299 g/mol. The molecule has 0 saturated carbocycles. The first-order chi connectivity index (χ1) is 9.75. The summed E-state index contributed by atoms with van der Waals surface area (Å²) in [7, 11) is 1.57. The van der Waals surface area contributed by atoms with E-state index < -0.39 is 11.4 Å². The second-order valence-electron chi connectivity index (χ2n) is 5.74. The van der Waals surface area contributed by atoms with Crippen LogP contribution in [-0.2, 0) is 9.59 Å². The van der Waals surface area contributed by atoms with E-state index in [-0.39, 0.29) is 25.0 Å². The van der Waals surface area contributed by atoms with E-state index in [1.165, 1.54) is 9.80 Å². The molecule has 0 spiro atoms. The van der Waals surface area contributed by atoms with Gasteiger partial charge in [0.1, 0.15) is 6.54 Å². The van der Waals surface area contributed by atoms with Gasteiger partial charge in [-0.1, -0.05) is 0 Å². The predicted molar refractivity (Wildman–Crippen MR) is 77.9 cm³/mol. The summed E-state index contributed by atoms with van der Waals surface area (Å²) >= 11 is 0. The highest BCUT2D eigenvalue weighted by molar-refractivity contribution is 5.85. The molecule has 7 heteroatoms. The van der Waals surface area contributed by atoms with E-state index in [1.807, 2.05) is 13.8 Å². The lowest BCUT2D eigenvalue weighted by Gasteiger charge is -2.27. The summed E-state index contributed by atoms with van der Waals surface area (Å²) in [4.78, 5) is 40.0. The number of carbonyl (C=O) groups excluding carboxylic acids is 2. The number of hydrogen-bond acceptors (Lipinski definition) is 3. The third kappa shape index (κ3) is 3.86. The first-order valence-corrected chi connectivity index (χ1v) is 7.26. The summed E-state index contributed by atoms with van der Waals surface area (Å²) in [5.41, 5.74) is -0.890. The molecule has 0 aromatic carbocycles. The topological polar surface area (TPSA) is 81.2 Å². The summed E-state index contributed by atoms with van der Waals surface area (Å²) in [6.45, 7) is 7.25. The maximum Gasteiger partial charge on any atom is 0.320 e. The molecule has 1 unspecified atom stereocenters. The number of hydrogen-bond donors (Lipinski definition) is 1. The van der Waals surface area contributed by atoms with Gasteiger partial charge in [0.15, 0.2) is 0 Å². The van der Waals surface area contributed by atoms with Gasteiger partial charge in [-0.2, -0.15) is 0 Å². The molecule has 1 fully saturated rings. The number of carbonyl (C=O) groups is 3. The summed E-state index contributed by atoms with van der Waals surface area (Å²) < 4.78 is 0. The molecule has 120 valence electrons. The summed E-state index contributed by atoms with van der Waals surface area (Å²) in [6, 6.07) is -0.291. The van der Waals surface area contributed by atoms with Crippen molar-refractivity contribution >= 4 is 17.9 Å². The van der Waals surface area contributed by atoms with Crippen molar-refractivity contribution < 1.29 is 19.5 Å². The van der Waals surface area contributed by atoms with E-state index in [1.54, 1.807) is 18.9 Å².